The predicted octanol–water partition coefficient (Wildman–Crippen LogP) is 0.627. The summed E-state index contributed by atoms with van der Waals surface area (Å²) < 4.78 is 1.92. The second kappa shape index (κ2) is 3.38. The third kappa shape index (κ3) is 1.84. The molecule has 0 bridgehead atoms. The van der Waals surface area contributed by atoms with Crippen molar-refractivity contribution in [1.29, 1.82) is 0 Å². The van der Waals surface area contributed by atoms with E-state index in [1.54, 1.807) is 25.1 Å². The van der Waals surface area contributed by atoms with Gasteiger partial charge < -0.3 is 9.47 Å². The van der Waals surface area contributed by atoms with E-state index < -0.39 is 0 Å². The predicted molar refractivity (Wildman–Crippen MR) is 45.4 cm³/mol. The van der Waals surface area contributed by atoms with Crippen molar-refractivity contribution in [3.05, 3.63) is 18.2 Å². The molecule has 4 heteroatoms. The van der Waals surface area contributed by atoms with Crippen LogP contribution in [0.1, 0.15) is 12.7 Å². The van der Waals surface area contributed by atoms with Gasteiger partial charge in [-0.2, -0.15) is 0 Å². The Kier molecular flexibility index (Phi) is 2.47. The van der Waals surface area contributed by atoms with Crippen molar-refractivity contribution < 1.29 is 4.79 Å². The first-order valence-corrected chi connectivity index (χ1v) is 3.80. The molecule has 0 fully saturated rings. The van der Waals surface area contributed by atoms with Crippen LogP contribution in [0.2, 0.25) is 0 Å². The van der Waals surface area contributed by atoms with Crippen LogP contribution >= 0.6 is 0 Å². The van der Waals surface area contributed by atoms with Crippen LogP contribution in [0.25, 0.3) is 0 Å². The van der Waals surface area contributed by atoms with Crippen LogP contribution in [0.15, 0.2) is 12.4 Å². The molecule has 0 aliphatic heterocycles. The molecule has 0 spiro atoms. The Morgan fingerprint density at radius 2 is 2.42 bits per heavy atom. The first-order chi connectivity index (χ1) is 5.61. The number of amides is 1. The Bertz CT molecular complexity index is 280. The standard InChI is InChI=1S/C8H13N3O/c1-7-9-4-5-11(7)6-10(3)8(2)12/h4-5H,6H2,1-3H3. The van der Waals surface area contributed by atoms with Crippen molar-refractivity contribution >= 4 is 5.91 Å². The van der Waals surface area contributed by atoms with Gasteiger partial charge in [0.05, 0.1) is 6.67 Å². The monoisotopic (exact) mass is 167 g/mol. The molecule has 1 aromatic rings. The van der Waals surface area contributed by atoms with Crippen LogP contribution < -0.4 is 0 Å². The van der Waals surface area contributed by atoms with Crippen molar-refractivity contribution in [2.24, 2.45) is 0 Å². The van der Waals surface area contributed by atoms with E-state index in [9.17, 15) is 4.79 Å². The summed E-state index contributed by atoms with van der Waals surface area (Å²) in [6.07, 6.45) is 3.58. The van der Waals surface area contributed by atoms with E-state index in [-0.39, 0.29) is 5.91 Å². The van der Waals surface area contributed by atoms with Crippen LogP contribution in [0.5, 0.6) is 0 Å². The second-order valence-electron chi connectivity index (χ2n) is 2.80. The van der Waals surface area contributed by atoms with Crippen LogP contribution in [-0.2, 0) is 11.5 Å². The van der Waals surface area contributed by atoms with Crippen molar-refractivity contribution in [3.63, 3.8) is 0 Å². The molecule has 0 saturated heterocycles. The van der Waals surface area contributed by atoms with Crippen LogP contribution in [0.4, 0.5) is 0 Å². The molecule has 0 unspecified atom stereocenters. The summed E-state index contributed by atoms with van der Waals surface area (Å²) in [6.45, 7) is 4.03. The maximum absolute atomic E-state index is 10.9. The third-order valence-corrected chi connectivity index (χ3v) is 1.83. The van der Waals surface area contributed by atoms with Crippen LogP contribution in [0, 0.1) is 6.92 Å². The van der Waals surface area contributed by atoms with E-state index in [0.29, 0.717) is 6.67 Å². The molecule has 4 nitrogen and oxygen atoms in total. The third-order valence-electron chi connectivity index (χ3n) is 1.83. The van der Waals surface area contributed by atoms with Gasteiger partial charge in [0.25, 0.3) is 0 Å². The average molecular weight is 167 g/mol. The van der Waals surface area contributed by atoms with Crippen molar-refractivity contribution in [2.75, 3.05) is 7.05 Å². The Balaban J connectivity index is 2.64. The molecule has 0 aromatic carbocycles. The fourth-order valence-corrected chi connectivity index (χ4v) is 0.881. The first kappa shape index (κ1) is 8.77. The summed E-state index contributed by atoms with van der Waals surface area (Å²) in [5.74, 6) is 0.978. The number of hydrogen-bond donors (Lipinski definition) is 0. The summed E-state index contributed by atoms with van der Waals surface area (Å²) in [6, 6.07) is 0. The topological polar surface area (TPSA) is 38.1 Å². The SMILES string of the molecule is CC(=O)N(C)Cn1ccnc1C. The van der Waals surface area contributed by atoms with Crippen LogP contribution in [-0.4, -0.2) is 27.4 Å². The number of aryl methyl sites for hydroxylation is 1. The van der Waals surface area contributed by atoms with Gasteiger partial charge in [-0.3, -0.25) is 4.79 Å². The fourth-order valence-electron chi connectivity index (χ4n) is 0.881. The molecule has 1 heterocycles. The average Bonchev–Trinajstić information content (AvgIpc) is 2.36. The maximum Gasteiger partial charge on any atom is 0.220 e. The lowest BCUT2D eigenvalue weighted by atomic mass is 10.6. The molecule has 1 amide bonds. The quantitative estimate of drug-likeness (QED) is 0.648. The molecule has 0 saturated carbocycles. The van der Waals surface area contributed by atoms with E-state index in [1.165, 1.54) is 0 Å². The minimum atomic E-state index is 0.0584. The highest BCUT2D eigenvalue weighted by atomic mass is 16.2. The summed E-state index contributed by atoms with van der Waals surface area (Å²) in [5.41, 5.74) is 0. The number of imidazole rings is 1. The Labute approximate surface area is 71.8 Å². The number of rotatable bonds is 2. The molecule has 66 valence electrons. The van der Waals surface area contributed by atoms with Gasteiger partial charge in [0.2, 0.25) is 5.91 Å². The molecule has 1 rings (SSSR count). The molecule has 0 N–H and O–H groups in total. The minimum absolute atomic E-state index is 0.0584. The molecule has 0 aliphatic rings. The number of nitrogens with zero attached hydrogens (tertiary/aromatic N) is 3. The summed E-state index contributed by atoms with van der Waals surface area (Å²) in [5, 5.41) is 0. The van der Waals surface area contributed by atoms with Gasteiger partial charge >= 0.3 is 0 Å². The summed E-state index contributed by atoms with van der Waals surface area (Å²) >= 11 is 0. The van der Waals surface area contributed by atoms with E-state index in [2.05, 4.69) is 4.98 Å². The maximum atomic E-state index is 10.9. The Morgan fingerprint density at radius 3 is 2.83 bits per heavy atom. The van der Waals surface area contributed by atoms with Crippen molar-refractivity contribution in [2.45, 2.75) is 20.5 Å². The Hall–Kier alpha value is -1.32. The number of hydrogen-bond acceptors (Lipinski definition) is 2. The first-order valence-electron chi connectivity index (χ1n) is 3.80. The summed E-state index contributed by atoms with van der Waals surface area (Å²) in [7, 11) is 1.77. The van der Waals surface area contributed by atoms with E-state index in [0.717, 1.165) is 5.82 Å². The highest BCUT2D eigenvalue weighted by molar-refractivity contribution is 5.72. The number of carbonyl (C=O) groups is 1. The minimum Gasteiger partial charge on any atom is -0.328 e. The van der Waals surface area contributed by atoms with E-state index in [1.807, 2.05) is 17.7 Å². The normalized spacial score (nSPS) is 9.92. The smallest absolute Gasteiger partial charge is 0.220 e. The molecule has 12 heavy (non-hydrogen) atoms. The van der Waals surface area contributed by atoms with Gasteiger partial charge in [-0.1, -0.05) is 0 Å². The molecule has 0 radical (unpaired) electrons. The van der Waals surface area contributed by atoms with Crippen molar-refractivity contribution in [3.8, 4) is 0 Å². The fraction of sp³-hybridized carbons (Fsp3) is 0.500. The highest BCUT2D eigenvalue weighted by Crippen LogP contribution is 1.97. The van der Waals surface area contributed by atoms with Crippen LogP contribution in [0.3, 0.4) is 0 Å². The summed E-state index contributed by atoms with van der Waals surface area (Å²) in [4.78, 5) is 16.6. The zero-order valence-electron chi connectivity index (χ0n) is 7.61. The lowest BCUT2D eigenvalue weighted by Crippen LogP contribution is -2.26. The number of aromatic nitrogens is 2. The second-order valence-corrected chi connectivity index (χ2v) is 2.80. The zero-order chi connectivity index (χ0) is 9.14. The Morgan fingerprint density at radius 1 is 1.75 bits per heavy atom. The molecular weight excluding hydrogens is 154 g/mol. The molecular formula is C8H13N3O. The van der Waals surface area contributed by atoms with E-state index >= 15 is 0 Å². The van der Waals surface area contributed by atoms with E-state index in [4.69, 9.17) is 0 Å². The van der Waals surface area contributed by atoms with Gasteiger partial charge in [0.15, 0.2) is 0 Å². The van der Waals surface area contributed by atoms with Gasteiger partial charge in [-0.25, -0.2) is 4.98 Å². The lowest BCUT2D eigenvalue weighted by molar-refractivity contribution is -0.129. The lowest BCUT2D eigenvalue weighted by Gasteiger charge is -2.15. The molecule has 0 atom stereocenters. The number of carbonyl (C=O) groups excluding carboxylic acids is 1. The largest absolute Gasteiger partial charge is 0.328 e. The highest BCUT2D eigenvalue weighted by Gasteiger charge is 2.03. The molecule has 1 aromatic heterocycles. The van der Waals surface area contributed by atoms with Gasteiger partial charge in [0.1, 0.15) is 5.82 Å². The molecule has 0 aliphatic carbocycles. The van der Waals surface area contributed by atoms with Crippen molar-refractivity contribution in [1.82, 2.24) is 14.5 Å². The zero-order valence-corrected chi connectivity index (χ0v) is 7.61. The van der Waals surface area contributed by atoms with Gasteiger partial charge in [0, 0.05) is 26.4 Å². The van der Waals surface area contributed by atoms with Gasteiger partial charge in [-0.05, 0) is 6.92 Å². The van der Waals surface area contributed by atoms with Gasteiger partial charge in [-0.15, -0.1) is 0 Å².